The average molecular weight is 450 g/mol. The normalized spacial score (nSPS) is 14.3. The number of carbonyl (C=O) groups is 2. The van der Waals surface area contributed by atoms with Crippen molar-refractivity contribution in [2.45, 2.75) is 12.5 Å². The summed E-state index contributed by atoms with van der Waals surface area (Å²) in [5, 5.41) is 22.7. The van der Waals surface area contributed by atoms with Gasteiger partial charge in [0, 0.05) is 45.5 Å². The topological polar surface area (TPSA) is 93.1 Å². The Hall–Kier alpha value is -3.42. The van der Waals surface area contributed by atoms with Crippen molar-refractivity contribution in [1.29, 1.82) is 0 Å². The molecule has 7 heteroatoms. The van der Waals surface area contributed by atoms with Gasteiger partial charge in [0.25, 0.3) is 5.91 Å². The maximum Gasteiger partial charge on any atom is 0.333 e. The van der Waals surface area contributed by atoms with Gasteiger partial charge >= 0.3 is 5.97 Å². The Morgan fingerprint density at radius 3 is 2.48 bits per heavy atom. The van der Waals surface area contributed by atoms with Crippen molar-refractivity contribution in [1.82, 2.24) is 15.1 Å². The molecule has 33 heavy (non-hydrogen) atoms. The number of carboxylic acids is 1. The number of hydrogen-bond donors (Lipinski definition) is 3. The van der Waals surface area contributed by atoms with Gasteiger partial charge in [-0.05, 0) is 47.9 Å². The van der Waals surface area contributed by atoms with E-state index in [0.29, 0.717) is 30.8 Å². The maximum atomic E-state index is 12.8. The van der Waals surface area contributed by atoms with Crippen LogP contribution in [0.25, 0.3) is 0 Å². The number of hydrogen-bond acceptors (Lipinski definition) is 5. The molecule has 1 unspecified atom stereocenters. The zero-order valence-electron chi connectivity index (χ0n) is 19.1. The molecule has 7 nitrogen and oxygen atoms in total. The number of carboxylic acid groups (broad SMARTS) is 1. The number of aliphatic hydroxyl groups excluding tert-OH is 1. The number of aliphatic carboxylic acids is 1. The van der Waals surface area contributed by atoms with E-state index in [1.165, 1.54) is 0 Å². The summed E-state index contributed by atoms with van der Waals surface area (Å²) in [6.45, 7) is 1.87. The number of carbonyl (C=O) groups excluding carboxylic acids is 1. The van der Waals surface area contributed by atoms with E-state index in [1.807, 2.05) is 67.8 Å². The Balaban J connectivity index is 1.48. The van der Waals surface area contributed by atoms with Crippen LogP contribution in [-0.4, -0.2) is 72.2 Å². The van der Waals surface area contributed by atoms with Gasteiger partial charge in [-0.3, -0.25) is 4.79 Å². The highest BCUT2D eigenvalue weighted by molar-refractivity contribution is 5.94. The summed E-state index contributed by atoms with van der Waals surface area (Å²) in [5.74, 6) is -1.06. The molecule has 0 fully saturated rings. The van der Waals surface area contributed by atoms with Crippen molar-refractivity contribution >= 4 is 11.9 Å². The molecular weight excluding hydrogens is 418 g/mol. The van der Waals surface area contributed by atoms with E-state index in [0.717, 1.165) is 29.7 Å². The quantitative estimate of drug-likeness (QED) is 0.483. The summed E-state index contributed by atoms with van der Waals surface area (Å²) in [6.07, 6.45) is 3.74. The van der Waals surface area contributed by atoms with Gasteiger partial charge in [-0.1, -0.05) is 42.5 Å². The summed E-state index contributed by atoms with van der Waals surface area (Å²) < 4.78 is 0. The lowest BCUT2D eigenvalue weighted by Gasteiger charge is -2.24. The molecular formula is C26H31N3O4. The van der Waals surface area contributed by atoms with Crippen LogP contribution in [0.4, 0.5) is 0 Å². The Morgan fingerprint density at radius 1 is 1.12 bits per heavy atom. The van der Waals surface area contributed by atoms with E-state index in [9.17, 15) is 19.8 Å². The number of nitrogens with one attached hydrogen (secondary N) is 1. The first-order chi connectivity index (χ1) is 15.8. The van der Waals surface area contributed by atoms with Crippen molar-refractivity contribution in [2.75, 3.05) is 40.3 Å². The van der Waals surface area contributed by atoms with Gasteiger partial charge in [0.2, 0.25) is 0 Å². The number of likely N-dealkylation sites (N-methyl/N-ethyl adjacent to an activating group) is 2. The first-order valence-corrected chi connectivity index (χ1v) is 11.0. The fourth-order valence-electron chi connectivity index (χ4n) is 3.76. The lowest BCUT2D eigenvalue weighted by molar-refractivity contribution is -0.132. The molecule has 0 radical (unpaired) electrons. The molecule has 1 amide bonds. The monoisotopic (exact) mass is 449 g/mol. The molecule has 0 spiro atoms. The first kappa shape index (κ1) is 24.2. The van der Waals surface area contributed by atoms with Gasteiger partial charge in [0.1, 0.15) is 0 Å². The molecule has 2 aromatic carbocycles. The van der Waals surface area contributed by atoms with Gasteiger partial charge in [-0.25, -0.2) is 4.79 Å². The first-order valence-electron chi connectivity index (χ1n) is 11.0. The molecule has 0 saturated carbocycles. The minimum Gasteiger partial charge on any atom is -0.478 e. The van der Waals surface area contributed by atoms with Crippen LogP contribution in [-0.2, 0) is 11.2 Å². The summed E-state index contributed by atoms with van der Waals surface area (Å²) >= 11 is 0. The summed E-state index contributed by atoms with van der Waals surface area (Å²) in [5.41, 5.74) is 3.66. The average Bonchev–Trinajstić information content (AvgIpc) is 2.81. The minimum atomic E-state index is -0.943. The highest BCUT2D eigenvalue weighted by Gasteiger charge is 2.18. The summed E-state index contributed by atoms with van der Waals surface area (Å²) in [7, 11) is 3.52. The van der Waals surface area contributed by atoms with Crippen LogP contribution in [0.5, 0.6) is 0 Å². The van der Waals surface area contributed by atoms with E-state index < -0.39 is 12.1 Å². The maximum absolute atomic E-state index is 12.8. The second kappa shape index (κ2) is 11.4. The summed E-state index contributed by atoms with van der Waals surface area (Å²) in [6, 6.07) is 17.1. The van der Waals surface area contributed by atoms with Crippen LogP contribution in [0.3, 0.4) is 0 Å². The van der Waals surface area contributed by atoms with Crippen LogP contribution in [0, 0.1) is 0 Å². The third-order valence-corrected chi connectivity index (χ3v) is 5.52. The molecule has 0 aromatic heterocycles. The Kier molecular flexibility index (Phi) is 8.40. The number of rotatable bonds is 10. The fourth-order valence-corrected chi connectivity index (χ4v) is 3.76. The molecule has 1 aliphatic rings. The third-order valence-electron chi connectivity index (χ3n) is 5.52. The molecule has 2 aromatic rings. The van der Waals surface area contributed by atoms with Crippen LogP contribution < -0.4 is 5.32 Å². The second-order valence-corrected chi connectivity index (χ2v) is 8.33. The van der Waals surface area contributed by atoms with Crippen LogP contribution in [0.2, 0.25) is 0 Å². The Bertz CT molecular complexity index is 1020. The lowest BCUT2D eigenvalue weighted by Crippen LogP contribution is -2.31. The standard InChI is InChI=1S/C26H31N3O4/c1-28-16-20(14-23(18-28)26(32)33)17-29(2)25(31)22-10-8-19(9-11-22)12-13-27-15-24(30)21-6-4-3-5-7-21/h3-11,14,16,24,27,30H,12-13,15,17-18H2,1-2H3,(H,32,33). The smallest absolute Gasteiger partial charge is 0.333 e. The van der Waals surface area contributed by atoms with E-state index in [-0.39, 0.29) is 5.91 Å². The van der Waals surface area contributed by atoms with Crippen LogP contribution >= 0.6 is 0 Å². The summed E-state index contributed by atoms with van der Waals surface area (Å²) in [4.78, 5) is 27.5. The van der Waals surface area contributed by atoms with E-state index in [4.69, 9.17) is 0 Å². The fraction of sp³-hybridized carbons (Fsp3) is 0.308. The zero-order chi connectivity index (χ0) is 23.8. The molecule has 3 N–H and O–H groups in total. The Labute approximate surface area is 194 Å². The predicted octanol–water partition coefficient (Wildman–Crippen LogP) is 2.46. The molecule has 1 atom stereocenters. The molecule has 1 aliphatic heterocycles. The van der Waals surface area contributed by atoms with Crippen LogP contribution in [0.1, 0.15) is 27.6 Å². The highest BCUT2D eigenvalue weighted by Crippen LogP contribution is 2.15. The molecule has 1 heterocycles. The number of benzene rings is 2. The van der Waals surface area contributed by atoms with Gasteiger partial charge in [-0.2, -0.15) is 0 Å². The molecule has 174 valence electrons. The lowest BCUT2D eigenvalue weighted by atomic mass is 10.1. The van der Waals surface area contributed by atoms with Gasteiger partial charge in [-0.15, -0.1) is 0 Å². The van der Waals surface area contributed by atoms with Gasteiger partial charge in [0.15, 0.2) is 0 Å². The van der Waals surface area contributed by atoms with Gasteiger partial charge < -0.3 is 25.3 Å². The molecule has 3 rings (SSSR count). The molecule has 0 aliphatic carbocycles. The van der Waals surface area contributed by atoms with Gasteiger partial charge in [0.05, 0.1) is 11.7 Å². The number of nitrogens with zero attached hydrogens (tertiary/aromatic N) is 2. The largest absolute Gasteiger partial charge is 0.478 e. The second-order valence-electron chi connectivity index (χ2n) is 8.33. The highest BCUT2D eigenvalue weighted by atomic mass is 16.4. The molecule has 0 saturated heterocycles. The van der Waals surface area contributed by atoms with Crippen molar-refractivity contribution in [2.24, 2.45) is 0 Å². The van der Waals surface area contributed by atoms with E-state index >= 15 is 0 Å². The Morgan fingerprint density at radius 2 is 1.82 bits per heavy atom. The SMILES string of the molecule is CN1C=C(CN(C)C(=O)c2ccc(CCNCC(O)c3ccccc3)cc2)C=C(C(=O)O)C1. The molecule has 0 bridgehead atoms. The van der Waals surface area contributed by atoms with Crippen molar-refractivity contribution in [3.8, 4) is 0 Å². The van der Waals surface area contributed by atoms with E-state index in [2.05, 4.69) is 5.32 Å². The van der Waals surface area contributed by atoms with Crippen LogP contribution in [0.15, 0.2) is 78.0 Å². The number of amides is 1. The van der Waals surface area contributed by atoms with E-state index in [1.54, 1.807) is 22.9 Å². The minimum absolute atomic E-state index is 0.120. The van der Waals surface area contributed by atoms with Crippen molar-refractivity contribution in [3.63, 3.8) is 0 Å². The van der Waals surface area contributed by atoms with Crippen molar-refractivity contribution < 1.29 is 19.8 Å². The zero-order valence-corrected chi connectivity index (χ0v) is 19.1. The predicted molar refractivity (Wildman–Crippen MR) is 128 cm³/mol. The third kappa shape index (κ3) is 7.03. The van der Waals surface area contributed by atoms with Crippen molar-refractivity contribution in [3.05, 3.63) is 94.7 Å². The number of aliphatic hydroxyl groups is 1.